The van der Waals surface area contributed by atoms with Gasteiger partial charge >= 0.3 is 0 Å². The number of allylic oxidation sites excluding steroid dienone is 1. The summed E-state index contributed by atoms with van der Waals surface area (Å²) < 4.78 is 5.80. The highest BCUT2D eigenvalue weighted by molar-refractivity contribution is 6.08. The smallest absolute Gasteiger partial charge is 0.258 e. The Morgan fingerprint density at radius 2 is 1.97 bits per heavy atom. The zero-order valence-electron chi connectivity index (χ0n) is 23.0. The van der Waals surface area contributed by atoms with E-state index in [2.05, 4.69) is 22.6 Å². The van der Waals surface area contributed by atoms with Gasteiger partial charge in [-0.2, -0.15) is 0 Å². The molecular weight excluding hydrogens is 490 g/mol. The van der Waals surface area contributed by atoms with Crippen LogP contribution in [0, 0.1) is 5.41 Å². The number of hydrogen-bond donors (Lipinski definition) is 4. The Bertz CT molecular complexity index is 1370. The number of rotatable bonds is 10. The van der Waals surface area contributed by atoms with Gasteiger partial charge in [0.25, 0.3) is 5.91 Å². The molecule has 0 atom stereocenters. The molecule has 0 unspecified atom stereocenters. The van der Waals surface area contributed by atoms with Gasteiger partial charge in [-0.3, -0.25) is 4.79 Å². The number of fused-ring (bicyclic) bond motifs is 1. The Morgan fingerprint density at radius 1 is 1.21 bits per heavy atom. The number of carbonyl (C=O) groups excluding carboxylic acids is 1. The van der Waals surface area contributed by atoms with E-state index in [1.165, 1.54) is 12.4 Å². The molecule has 204 valence electrons. The van der Waals surface area contributed by atoms with Crippen molar-refractivity contribution in [2.24, 2.45) is 5.73 Å². The van der Waals surface area contributed by atoms with Gasteiger partial charge in [0, 0.05) is 59.9 Å². The van der Waals surface area contributed by atoms with Gasteiger partial charge in [-0.25, -0.2) is 9.97 Å². The standard InChI is InChI=1S/C30H37N7O2/c1-5-30(2,3)36-27(38)19-39-24-8-6-7-21(15-24)28-34-26-13-14-37(4)18-25(26)29(35-28)33-23-11-9-20(10-12-23)22(16-31)17-32/h6-12,15-17,31H,5,13-14,18-19,32H2,1-4H3,(H,36,38)(H,33,34,35)/b22-17+,31-16?. The number of likely N-dealkylation sites (N-methyl/N-ethyl adjacent to an activating group) is 1. The molecule has 39 heavy (non-hydrogen) atoms. The van der Waals surface area contributed by atoms with Crippen molar-refractivity contribution in [1.29, 1.82) is 5.41 Å². The molecule has 4 rings (SSSR count). The molecule has 1 aromatic heterocycles. The number of amides is 1. The molecule has 0 spiro atoms. The van der Waals surface area contributed by atoms with Gasteiger partial charge in [0.05, 0.1) is 5.69 Å². The van der Waals surface area contributed by atoms with E-state index < -0.39 is 0 Å². The van der Waals surface area contributed by atoms with Crippen molar-refractivity contribution in [2.75, 3.05) is 25.5 Å². The molecule has 1 aliphatic rings. The van der Waals surface area contributed by atoms with Gasteiger partial charge < -0.3 is 31.4 Å². The van der Waals surface area contributed by atoms with Gasteiger partial charge in [0.2, 0.25) is 0 Å². The molecule has 0 aliphatic carbocycles. The molecule has 1 aliphatic heterocycles. The minimum atomic E-state index is -0.277. The monoisotopic (exact) mass is 527 g/mol. The molecule has 0 radical (unpaired) electrons. The van der Waals surface area contributed by atoms with Crippen molar-refractivity contribution in [3.63, 3.8) is 0 Å². The van der Waals surface area contributed by atoms with Crippen LogP contribution < -0.4 is 21.1 Å². The molecule has 2 aromatic carbocycles. The third kappa shape index (κ3) is 7.00. The van der Waals surface area contributed by atoms with Crippen molar-refractivity contribution >= 4 is 29.2 Å². The number of anilines is 2. The summed E-state index contributed by atoms with van der Waals surface area (Å²) in [5.41, 5.74) is 10.6. The summed E-state index contributed by atoms with van der Waals surface area (Å²) in [6.45, 7) is 7.61. The average Bonchev–Trinajstić information content (AvgIpc) is 2.93. The fourth-order valence-electron chi connectivity index (χ4n) is 4.27. The fourth-order valence-corrected chi connectivity index (χ4v) is 4.27. The molecule has 9 heteroatoms. The second-order valence-corrected chi connectivity index (χ2v) is 10.4. The van der Waals surface area contributed by atoms with Crippen molar-refractivity contribution < 1.29 is 9.53 Å². The Hall–Kier alpha value is -4.24. The Morgan fingerprint density at radius 3 is 2.67 bits per heavy atom. The fraction of sp³-hybridized carbons (Fsp3) is 0.333. The third-order valence-electron chi connectivity index (χ3n) is 6.89. The van der Waals surface area contributed by atoms with E-state index in [1.807, 2.05) is 69.3 Å². The van der Waals surface area contributed by atoms with Gasteiger partial charge in [0.15, 0.2) is 12.4 Å². The predicted octanol–water partition coefficient (Wildman–Crippen LogP) is 4.51. The molecule has 5 N–H and O–H groups in total. The third-order valence-corrected chi connectivity index (χ3v) is 6.89. The van der Waals surface area contributed by atoms with Gasteiger partial charge in [-0.15, -0.1) is 0 Å². The van der Waals surface area contributed by atoms with Crippen LogP contribution >= 0.6 is 0 Å². The SMILES string of the molecule is CCC(C)(C)NC(=O)COc1cccc(-c2nc3c(c(Nc4ccc(/C(C=N)=C/N)cc4)n2)CN(C)CC3)c1. The number of nitrogens with one attached hydrogen (secondary N) is 3. The Balaban J connectivity index is 1.59. The van der Waals surface area contributed by atoms with E-state index in [1.54, 1.807) is 0 Å². The lowest BCUT2D eigenvalue weighted by atomic mass is 10.0. The van der Waals surface area contributed by atoms with Crippen LogP contribution in [-0.4, -0.2) is 52.7 Å². The van der Waals surface area contributed by atoms with Gasteiger partial charge in [-0.1, -0.05) is 31.2 Å². The summed E-state index contributed by atoms with van der Waals surface area (Å²) in [6, 6.07) is 15.3. The number of nitrogens with zero attached hydrogens (tertiary/aromatic N) is 3. The molecule has 0 saturated heterocycles. The number of nitrogens with two attached hydrogens (primary N) is 1. The summed E-state index contributed by atoms with van der Waals surface area (Å²) in [4.78, 5) is 24.4. The minimum Gasteiger partial charge on any atom is -0.484 e. The predicted molar refractivity (Wildman–Crippen MR) is 156 cm³/mol. The van der Waals surface area contributed by atoms with Crippen molar-refractivity contribution in [3.05, 3.63) is 71.6 Å². The first kappa shape index (κ1) is 27.8. The largest absolute Gasteiger partial charge is 0.484 e. The lowest BCUT2D eigenvalue weighted by Crippen LogP contribution is -2.44. The van der Waals surface area contributed by atoms with Crippen LogP contribution in [0.1, 0.15) is 44.0 Å². The first-order valence-electron chi connectivity index (χ1n) is 13.1. The van der Waals surface area contributed by atoms with Crippen LogP contribution in [0.2, 0.25) is 0 Å². The molecular formula is C30H37N7O2. The van der Waals surface area contributed by atoms with Crippen molar-refractivity contribution in [3.8, 4) is 17.1 Å². The number of ether oxygens (including phenoxy) is 1. The number of hydrogen-bond acceptors (Lipinski definition) is 8. The molecule has 0 bridgehead atoms. The Kier molecular flexibility index (Phi) is 8.61. The van der Waals surface area contributed by atoms with E-state index in [0.29, 0.717) is 17.1 Å². The zero-order chi connectivity index (χ0) is 28.0. The zero-order valence-corrected chi connectivity index (χ0v) is 23.0. The summed E-state index contributed by atoms with van der Waals surface area (Å²) in [5.74, 6) is 1.77. The molecule has 1 amide bonds. The van der Waals surface area contributed by atoms with Crippen molar-refractivity contribution in [2.45, 2.75) is 45.7 Å². The quantitative estimate of drug-likeness (QED) is 0.286. The van der Waals surface area contributed by atoms with Crippen LogP contribution in [-0.2, 0) is 17.8 Å². The van der Waals surface area contributed by atoms with Crippen LogP contribution in [0.25, 0.3) is 17.0 Å². The van der Waals surface area contributed by atoms with E-state index in [9.17, 15) is 4.79 Å². The number of benzene rings is 2. The molecule has 0 saturated carbocycles. The van der Waals surface area contributed by atoms with Crippen LogP contribution in [0.3, 0.4) is 0 Å². The van der Waals surface area contributed by atoms with E-state index in [4.69, 9.17) is 25.8 Å². The summed E-state index contributed by atoms with van der Waals surface area (Å²) >= 11 is 0. The van der Waals surface area contributed by atoms with E-state index in [0.717, 1.165) is 59.8 Å². The number of carbonyl (C=O) groups is 1. The first-order valence-corrected chi connectivity index (χ1v) is 13.1. The minimum absolute atomic E-state index is 0.0634. The highest BCUT2D eigenvalue weighted by atomic mass is 16.5. The molecule has 2 heterocycles. The lowest BCUT2D eigenvalue weighted by Gasteiger charge is -2.26. The maximum atomic E-state index is 12.4. The number of aromatic nitrogens is 2. The summed E-state index contributed by atoms with van der Waals surface area (Å²) in [7, 11) is 2.09. The summed E-state index contributed by atoms with van der Waals surface area (Å²) in [6.07, 6.45) is 4.31. The summed E-state index contributed by atoms with van der Waals surface area (Å²) in [5, 5.41) is 14.0. The van der Waals surface area contributed by atoms with Crippen molar-refractivity contribution in [1.82, 2.24) is 20.2 Å². The van der Waals surface area contributed by atoms with Crippen LogP contribution in [0.5, 0.6) is 5.75 Å². The molecule has 9 nitrogen and oxygen atoms in total. The van der Waals surface area contributed by atoms with Gasteiger partial charge in [-0.05, 0) is 57.1 Å². The second kappa shape index (κ2) is 12.1. The van der Waals surface area contributed by atoms with Crippen LogP contribution in [0.15, 0.2) is 54.7 Å². The maximum Gasteiger partial charge on any atom is 0.258 e. The van der Waals surface area contributed by atoms with Crippen LogP contribution in [0.4, 0.5) is 11.5 Å². The molecule has 3 aromatic rings. The van der Waals surface area contributed by atoms with Gasteiger partial charge in [0.1, 0.15) is 11.6 Å². The Labute approximate surface area is 230 Å². The normalized spacial score (nSPS) is 13.9. The van der Waals surface area contributed by atoms with E-state index >= 15 is 0 Å². The second-order valence-electron chi connectivity index (χ2n) is 10.4. The molecule has 0 fully saturated rings. The lowest BCUT2D eigenvalue weighted by molar-refractivity contribution is -0.124. The highest BCUT2D eigenvalue weighted by Crippen LogP contribution is 2.30. The van der Waals surface area contributed by atoms with E-state index in [-0.39, 0.29) is 18.1 Å². The average molecular weight is 528 g/mol. The topological polar surface area (TPSA) is 129 Å². The highest BCUT2D eigenvalue weighted by Gasteiger charge is 2.22. The maximum absolute atomic E-state index is 12.4. The first-order chi connectivity index (χ1) is 18.7.